The highest BCUT2D eigenvalue weighted by atomic mass is 79.9. The van der Waals surface area contributed by atoms with E-state index in [0.29, 0.717) is 12.2 Å². The molecule has 1 fully saturated rings. The number of rotatable bonds is 2. The van der Waals surface area contributed by atoms with Gasteiger partial charge in [0, 0.05) is 22.0 Å². The van der Waals surface area contributed by atoms with Gasteiger partial charge in [0.25, 0.3) is 0 Å². The van der Waals surface area contributed by atoms with E-state index < -0.39 is 0 Å². The second-order valence-corrected chi connectivity index (χ2v) is 5.55. The Kier molecular flexibility index (Phi) is 3.43. The molecule has 0 bridgehead atoms. The van der Waals surface area contributed by atoms with Crippen molar-refractivity contribution in [3.8, 4) is 0 Å². The zero-order valence-corrected chi connectivity index (χ0v) is 11.9. The Hall–Kier alpha value is -1.36. The zero-order valence-electron chi connectivity index (χ0n) is 10.3. The number of imide groups is 1. The summed E-state index contributed by atoms with van der Waals surface area (Å²) in [5.41, 5.74) is 7.18. The number of nitrogens with two attached hydrogens (primary N) is 1. The number of hydrogen-bond donors (Lipinski definition) is 1. The van der Waals surface area contributed by atoms with E-state index in [0.717, 1.165) is 10.0 Å². The standard InChI is InChI=1S/C13H15BrN2O2/c1-7-8(2)13(18)16(12(7)17)6-9-3-4-10(15)5-11(9)14/h3-5,7-8H,6,15H2,1-2H3. The summed E-state index contributed by atoms with van der Waals surface area (Å²) in [4.78, 5) is 25.3. The van der Waals surface area contributed by atoms with Crippen LogP contribution >= 0.6 is 15.9 Å². The maximum atomic E-state index is 12.0. The van der Waals surface area contributed by atoms with Gasteiger partial charge >= 0.3 is 0 Å². The highest BCUT2D eigenvalue weighted by molar-refractivity contribution is 9.10. The van der Waals surface area contributed by atoms with Crippen molar-refractivity contribution in [1.82, 2.24) is 4.90 Å². The van der Waals surface area contributed by atoms with Crippen LogP contribution in [0.1, 0.15) is 19.4 Å². The Morgan fingerprint density at radius 3 is 2.28 bits per heavy atom. The van der Waals surface area contributed by atoms with Crippen molar-refractivity contribution in [1.29, 1.82) is 0 Å². The second kappa shape index (κ2) is 4.72. The normalized spacial score (nSPS) is 23.8. The number of nitrogen functional groups attached to an aromatic ring is 1. The van der Waals surface area contributed by atoms with Crippen LogP contribution in [0.2, 0.25) is 0 Å². The number of carbonyl (C=O) groups is 2. The van der Waals surface area contributed by atoms with Crippen LogP contribution in [0.4, 0.5) is 5.69 Å². The van der Waals surface area contributed by atoms with Crippen LogP contribution in [0.5, 0.6) is 0 Å². The highest BCUT2D eigenvalue weighted by Gasteiger charge is 2.42. The molecule has 2 N–H and O–H groups in total. The van der Waals surface area contributed by atoms with Crippen LogP contribution in [-0.4, -0.2) is 16.7 Å². The van der Waals surface area contributed by atoms with Crippen molar-refractivity contribution < 1.29 is 9.59 Å². The SMILES string of the molecule is CC1C(=O)N(Cc2ccc(N)cc2Br)C(=O)C1C. The van der Waals surface area contributed by atoms with Crippen molar-refractivity contribution in [2.45, 2.75) is 20.4 Å². The number of benzene rings is 1. The quantitative estimate of drug-likeness (QED) is 0.672. The molecule has 0 radical (unpaired) electrons. The molecule has 5 heteroatoms. The van der Waals surface area contributed by atoms with Gasteiger partial charge in [-0.05, 0) is 17.7 Å². The number of halogens is 1. The van der Waals surface area contributed by atoms with E-state index in [1.54, 1.807) is 26.0 Å². The smallest absolute Gasteiger partial charge is 0.233 e. The van der Waals surface area contributed by atoms with Crippen LogP contribution in [0.3, 0.4) is 0 Å². The van der Waals surface area contributed by atoms with E-state index in [2.05, 4.69) is 15.9 Å². The van der Waals surface area contributed by atoms with Gasteiger partial charge in [-0.1, -0.05) is 35.8 Å². The first kappa shape index (κ1) is 13.1. The molecule has 0 spiro atoms. The van der Waals surface area contributed by atoms with E-state index in [-0.39, 0.29) is 23.7 Å². The Balaban J connectivity index is 2.24. The molecule has 18 heavy (non-hydrogen) atoms. The van der Waals surface area contributed by atoms with Crippen LogP contribution in [-0.2, 0) is 16.1 Å². The summed E-state index contributed by atoms with van der Waals surface area (Å²) in [5, 5.41) is 0. The summed E-state index contributed by atoms with van der Waals surface area (Å²) < 4.78 is 0.815. The lowest BCUT2D eigenvalue weighted by molar-refractivity contribution is -0.140. The molecular formula is C13H15BrN2O2. The van der Waals surface area contributed by atoms with E-state index >= 15 is 0 Å². The number of amides is 2. The Morgan fingerprint density at radius 1 is 1.22 bits per heavy atom. The third-order valence-corrected chi connectivity index (χ3v) is 4.20. The number of anilines is 1. The van der Waals surface area contributed by atoms with Crippen LogP contribution in [0, 0.1) is 11.8 Å². The van der Waals surface area contributed by atoms with E-state index in [1.165, 1.54) is 4.90 Å². The lowest BCUT2D eigenvalue weighted by Gasteiger charge is -2.15. The maximum absolute atomic E-state index is 12.0. The number of hydrogen-bond acceptors (Lipinski definition) is 3. The first-order chi connectivity index (χ1) is 8.41. The van der Waals surface area contributed by atoms with Crippen LogP contribution in [0.25, 0.3) is 0 Å². The largest absolute Gasteiger partial charge is 0.399 e. The predicted octanol–water partition coefficient (Wildman–Crippen LogP) is 2.17. The topological polar surface area (TPSA) is 63.4 Å². The fourth-order valence-electron chi connectivity index (χ4n) is 2.05. The predicted molar refractivity (Wildman–Crippen MR) is 72.4 cm³/mol. The van der Waals surface area contributed by atoms with Gasteiger partial charge in [0.2, 0.25) is 11.8 Å². The molecule has 1 saturated heterocycles. The van der Waals surface area contributed by atoms with Gasteiger partial charge in [0.15, 0.2) is 0 Å². The summed E-state index contributed by atoms with van der Waals surface area (Å²) in [6.45, 7) is 3.89. The number of nitrogens with zero attached hydrogens (tertiary/aromatic N) is 1. The summed E-state index contributed by atoms with van der Waals surface area (Å²) in [6, 6.07) is 5.36. The second-order valence-electron chi connectivity index (χ2n) is 4.69. The Labute approximate surface area is 114 Å². The summed E-state index contributed by atoms with van der Waals surface area (Å²) >= 11 is 3.40. The van der Waals surface area contributed by atoms with Gasteiger partial charge in [-0.15, -0.1) is 0 Å². The lowest BCUT2D eigenvalue weighted by Crippen LogP contribution is -2.30. The molecule has 0 saturated carbocycles. The minimum Gasteiger partial charge on any atom is -0.399 e. The minimum absolute atomic E-state index is 0.101. The van der Waals surface area contributed by atoms with Crippen molar-refractivity contribution in [3.05, 3.63) is 28.2 Å². The lowest BCUT2D eigenvalue weighted by atomic mass is 10.00. The fourth-order valence-corrected chi connectivity index (χ4v) is 2.57. The third-order valence-electron chi connectivity index (χ3n) is 3.47. The molecule has 2 amide bonds. The summed E-state index contributed by atoms with van der Waals surface area (Å²) in [6.07, 6.45) is 0. The summed E-state index contributed by atoms with van der Waals surface area (Å²) in [7, 11) is 0. The third kappa shape index (κ3) is 2.14. The monoisotopic (exact) mass is 310 g/mol. The molecular weight excluding hydrogens is 296 g/mol. The van der Waals surface area contributed by atoms with Crippen molar-refractivity contribution in [2.75, 3.05) is 5.73 Å². The van der Waals surface area contributed by atoms with Crippen molar-refractivity contribution >= 4 is 33.4 Å². The van der Waals surface area contributed by atoms with E-state index in [9.17, 15) is 9.59 Å². The van der Waals surface area contributed by atoms with Crippen molar-refractivity contribution in [3.63, 3.8) is 0 Å². The van der Waals surface area contributed by atoms with Gasteiger partial charge in [-0.2, -0.15) is 0 Å². The maximum Gasteiger partial charge on any atom is 0.233 e. The fraction of sp³-hybridized carbons (Fsp3) is 0.385. The zero-order chi connectivity index (χ0) is 13.4. The Bertz CT molecular complexity index is 496. The molecule has 96 valence electrons. The van der Waals surface area contributed by atoms with Gasteiger partial charge in [-0.25, -0.2) is 0 Å². The molecule has 4 nitrogen and oxygen atoms in total. The average molecular weight is 311 g/mol. The molecule has 0 aliphatic carbocycles. The molecule has 1 aliphatic rings. The van der Waals surface area contributed by atoms with Crippen LogP contribution < -0.4 is 5.73 Å². The molecule has 2 atom stereocenters. The highest BCUT2D eigenvalue weighted by Crippen LogP contribution is 2.29. The molecule has 1 aliphatic heterocycles. The average Bonchev–Trinajstić information content (AvgIpc) is 2.50. The molecule has 2 unspecified atom stereocenters. The minimum atomic E-state index is -0.231. The molecule has 2 rings (SSSR count). The molecule has 1 aromatic rings. The van der Waals surface area contributed by atoms with Crippen molar-refractivity contribution in [2.24, 2.45) is 11.8 Å². The van der Waals surface area contributed by atoms with Gasteiger partial charge in [0.05, 0.1) is 6.54 Å². The summed E-state index contributed by atoms with van der Waals surface area (Å²) in [5.74, 6) is -0.664. The van der Waals surface area contributed by atoms with E-state index in [4.69, 9.17) is 5.73 Å². The molecule has 1 aromatic carbocycles. The van der Waals surface area contributed by atoms with Gasteiger partial charge in [0.1, 0.15) is 0 Å². The molecule has 1 heterocycles. The Morgan fingerprint density at radius 2 is 1.78 bits per heavy atom. The number of carbonyl (C=O) groups excluding carboxylic acids is 2. The first-order valence-electron chi connectivity index (χ1n) is 5.81. The first-order valence-corrected chi connectivity index (χ1v) is 6.60. The van der Waals surface area contributed by atoms with Gasteiger partial charge < -0.3 is 5.73 Å². The van der Waals surface area contributed by atoms with Crippen LogP contribution in [0.15, 0.2) is 22.7 Å². The van der Waals surface area contributed by atoms with E-state index in [1.807, 2.05) is 6.07 Å². The van der Waals surface area contributed by atoms with Gasteiger partial charge in [-0.3, -0.25) is 14.5 Å². The number of likely N-dealkylation sites (tertiary alicyclic amines) is 1. The molecule has 0 aromatic heterocycles.